The van der Waals surface area contributed by atoms with Crippen LogP contribution in [-0.2, 0) is 16.4 Å². The van der Waals surface area contributed by atoms with Crippen molar-refractivity contribution < 1.29 is 13.2 Å². The third kappa shape index (κ3) is 3.59. The van der Waals surface area contributed by atoms with Gasteiger partial charge in [0, 0.05) is 0 Å². The summed E-state index contributed by atoms with van der Waals surface area (Å²) >= 11 is 0. The molecule has 0 fully saturated rings. The first kappa shape index (κ1) is 14.6. The van der Waals surface area contributed by atoms with Crippen LogP contribution in [0.4, 0.5) is 0 Å². The fraction of sp³-hybridized carbons (Fsp3) is 0.200. The summed E-state index contributed by atoms with van der Waals surface area (Å²) in [5.41, 5.74) is 1.70. The Morgan fingerprint density at radius 2 is 1.70 bits per heavy atom. The number of benzene rings is 2. The summed E-state index contributed by atoms with van der Waals surface area (Å²) in [5, 5.41) is 5.23. The van der Waals surface area contributed by atoms with Gasteiger partial charge in [0.2, 0.25) is 10.0 Å². The van der Waals surface area contributed by atoms with Crippen LogP contribution in [0.3, 0.4) is 0 Å². The highest BCUT2D eigenvalue weighted by Crippen LogP contribution is 2.19. The molecule has 0 aliphatic carbocycles. The van der Waals surface area contributed by atoms with E-state index < -0.39 is 10.0 Å². The maximum atomic E-state index is 11.5. The van der Waals surface area contributed by atoms with Crippen LogP contribution in [0.15, 0.2) is 53.4 Å². The molecule has 20 heavy (non-hydrogen) atoms. The number of primary sulfonamides is 1. The van der Waals surface area contributed by atoms with Crippen LogP contribution >= 0.6 is 0 Å². The molecule has 0 amide bonds. The lowest BCUT2D eigenvalue weighted by molar-refractivity contribution is 0.340. The average molecular weight is 291 g/mol. The number of hydrogen-bond acceptors (Lipinski definition) is 3. The molecular formula is C15H17NO3S. The van der Waals surface area contributed by atoms with Crippen LogP contribution in [0.5, 0.6) is 5.75 Å². The van der Waals surface area contributed by atoms with E-state index >= 15 is 0 Å². The number of ether oxygens (including phenoxy) is 1. The minimum absolute atomic E-state index is 0.175. The summed E-state index contributed by atoms with van der Waals surface area (Å²) < 4.78 is 28.5. The molecule has 0 spiro atoms. The van der Waals surface area contributed by atoms with Gasteiger partial charge in [-0.3, -0.25) is 0 Å². The highest BCUT2D eigenvalue weighted by Gasteiger charge is 2.13. The molecule has 0 saturated heterocycles. The molecule has 2 aromatic rings. The maximum absolute atomic E-state index is 11.5. The van der Waals surface area contributed by atoms with Crippen molar-refractivity contribution in [3.05, 3.63) is 59.7 Å². The fourth-order valence-corrected chi connectivity index (χ4v) is 2.79. The van der Waals surface area contributed by atoms with Crippen molar-refractivity contribution in [3.8, 4) is 5.75 Å². The zero-order valence-corrected chi connectivity index (χ0v) is 12.1. The second-order valence-electron chi connectivity index (χ2n) is 4.41. The largest absolute Gasteiger partial charge is 0.494 e. The minimum atomic E-state index is -3.70. The SMILES string of the molecule is CCOc1ccc(Cc2ccccc2S(N)(=O)=O)cc1. The number of nitrogens with two attached hydrogens (primary N) is 1. The molecule has 5 heteroatoms. The predicted octanol–water partition coefficient (Wildman–Crippen LogP) is 2.32. The van der Waals surface area contributed by atoms with Crippen LogP contribution < -0.4 is 9.88 Å². The van der Waals surface area contributed by atoms with Crippen LogP contribution in [0, 0.1) is 0 Å². The van der Waals surface area contributed by atoms with Crippen LogP contribution in [0.1, 0.15) is 18.1 Å². The van der Waals surface area contributed by atoms with E-state index in [2.05, 4.69) is 0 Å². The summed E-state index contributed by atoms with van der Waals surface area (Å²) in [5.74, 6) is 0.802. The molecule has 0 aliphatic rings. The van der Waals surface area contributed by atoms with Crippen molar-refractivity contribution in [1.82, 2.24) is 0 Å². The van der Waals surface area contributed by atoms with Gasteiger partial charge in [0.1, 0.15) is 5.75 Å². The summed E-state index contributed by atoms with van der Waals surface area (Å²) in [6.07, 6.45) is 0.513. The highest BCUT2D eigenvalue weighted by molar-refractivity contribution is 7.89. The second-order valence-corrected chi connectivity index (χ2v) is 5.94. The van der Waals surface area contributed by atoms with E-state index in [1.807, 2.05) is 31.2 Å². The van der Waals surface area contributed by atoms with Gasteiger partial charge in [-0.25, -0.2) is 13.6 Å². The molecule has 0 bridgehead atoms. The van der Waals surface area contributed by atoms with Crippen molar-refractivity contribution in [3.63, 3.8) is 0 Å². The summed E-state index contributed by atoms with van der Waals surface area (Å²) in [6, 6.07) is 14.4. The Morgan fingerprint density at radius 3 is 2.30 bits per heavy atom. The molecule has 0 aromatic heterocycles. The average Bonchev–Trinajstić information content (AvgIpc) is 2.41. The highest BCUT2D eigenvalue weighted by atomic mass is 32.2. The Kier molecular flexibility index (Phi) is 4.42. The van der Waals surface area contributed by atoms with Gasteiger partial charge >= 0.3 is 0 Å². The molecular weight excluding hydrogens is 274 g/mol. The first-order valence-electron chi connectivity index (χ1n) is 6.33. The second kappa shape index (κ2) is 6.07. The molecule has 0 unspecified atom stereocenters. The molecule has 2 N–H and O–H groups in total. The van der Waals surface area contributed by atoms with Crippen molar-refractivity contribution in [1.29, 1.82) is 0 Å². The third-order valence-electron chi connectivity index (χ3n) is 2.91. The Balaban J connectivity index is 2.26. The summed E-state index contributed by atoms with van der Waals surface area (Å²) in [4.78, 5) is 0.175. The Hall–Kier alpha value is -1.85. The Labute approximate surface area is 119 Å². The molecule has 0 aliphatic heterocycles. The Bertz CT molecular complexity index is 679. The lowest BCUT2D eigenvalue weighted by Crippen LogP contribution is -2.14. The Morgan fingerprint density at radius 1 is 1.05 bits per heavy atom. The third-order valence-corrected chi connectivity index (χ3v) is 3.92. The molecule has 2 aromatic carbocycles. The van der Waals surface area contributed by atoms with Gasteiger partial charge in [0.05, 0.1) is 11.5 Å². The van der Waals surface area contributed by atoms with E-state index in [1.165, 1.54) is 6.07 Å². The van der Waals surface area contributed by atoms with Crippen LogP contribution in [0.25, 0.3) is 0 Å². The quantitative estimate of drug-likeness (QED) is 0.919. The minimum Gasteiger partial charge on any atom is -0.494 e. The van der Waals surface area contributed by atoms with Crippen molar-refractivity contribution >= 4 is 10.0 Å². The van der Waals surface area contributed by atoms with Crippen molar-refractivity contribution in [2.24, 2.45) is 5.14 Å². The number of hydrogen-bond donors (Lipinski definition) is 1. The van der Waals surface area contributed by atoms with E-state index in [1.54, 1.807) is 18.2 Å². The standard InChI is InChI=1S/C15H17NO3S/c1-2-19-14-9-7-12(8-10-14)11-13-5-3-4-6-15(13)20(16,17)18/h3-10H,2,11H2,1H3,(H2,16,17,18). The first-order valence-corrected chi connectivity index (χ1v) is 7.88. The number of rotatable bonds is 5. The van der Waals surface area contributed by atoms with Gasteiger partial charge in [0.15, 0.2) is 0 Å². The van der Waals surface area contributed by atoms with Gasteiger partial charge in [-0.05, 0) is 42.7 Å². The topological polar surface area (TPSA) is 69.4 Å². The smallest absolute Gasteiger partial charge is 0.238 e. The molecule has 0 atom stereocenters. The van der Waals surface area contributed by atoms with Gasteiger partial charge in [-0.2, -0.15) is 0 Å². The molecule has 4 nitrogen and oxygen atoms in total. The van der Waals surface area contributed by atoms with E-state index in [4.69, 9.17) is 9.88 Å². The monoisotopic (exact) mass is 291 g/mol. The summed E-state index contributed by atoms with van der Waals surface area (Å²) in [6.45, 7) is 2.55. The lowest BCUT2D eigenvalue weighted by Gasteiger charge is -2.08. The van der Waals surface area contributed by atoms with E-state index in [0.717, 1.165) is 11.3 Å². The fourth-order valence-electron chi connectivity index (χ4n) is 2.02. The number of sulfonamides is 1. The van der Waals surface area contributed by atoms with Gasteiger partial charge in [0.25, 0.3) is 0 Å². The van der Waals surface area contributed by atoms with Crippen LogP contribution in [0.2, 0.25) is 0 Å². The first-order chi connectivity index (χ1) is 9.50. The zero-order valence-electron chi connectivity index (χ0n) is 11.2. The molecule has 2 rings (SSSR count). The van der Waals surface area contributed by atoms with E-state index in [0.29, 0.717) is 18.6 Å². The zero-order chi connectivity index (χ0) is 14.6. The molecule has 0 heterocycles. The molecule has 0 saturated carbocycles. The van der Waals surface area contributed by atoms with Gasteiger partial charge < -0.3 is 4.74 Å². The van der Waals surface area contributed by atoms with Crippen LogP contribution in [-0.4, -0.2) is 15.0 Å². The molecule has 106 valence electrons. The maximum Gasteiger partial charge on any atom is 0.238 e. The molecule has 0 radical (unpaired) electrons. The van der Waals surface area contributed by atoms with Crippen molar-refractivity contribution in [2.45, 2.75) is 18.2 Å². The van der Waals surface area contributed by atoms with Gasteiger partial charge in [-0.1, -0.05) is 30.3 Å². The van der Waals surface area contributed by atoms with Crippen molar-refractivity contribution in [2.75, 3.05) is 6.61 Å². The van der Waals surface area contributed by atoms with E-state index in [-0.39, 0.29) is 4.90 Å². The lowest BCUT2D eigenvalue weighted by atomic mass is 10.1. The van der Waals surface area contributed by atoms with Gasteiger partial charge in [-0.15, -0.1) is 0 Å². The van der Waals surface area contributed by atoms with E-state index in [9.17, 15) is 8.42 Å². The normalized spacial score (nSPS) is 11.3. The predicted molar refractivity (Wildman–Crippen MR) is 78.2 cm³/mol. The summed E-state index contributed by atoms with van der Waals surface area (Å²) in [7, 11) is -3.70.